The number of nitrogens with one attached hydrogen (secondary N) is 1. The lowest BCUT2D eigenvalue weighted by atomic mass is 10.1. The molecule has 1 aliphatic rings. The Balaban J connectivity index is 2.10. The lowest BCUT2D eigenvalue weighted by Crippen LogP contribution is -2.53. The molecule has 0 aliphatic carbocycles. The van der Waals surface area contributed by atoms with Crippen LogP contribution in [0.15, 0.2) is 23.0 Å². The van der Waals surface area contributed by atoms with Crippen molar-refractivity contribution in [3.63, 3.8) is 0 Å². The molecule has 0 spiro atoms. The van der Waals surface area contributed by atoms with Crippen LogP contribution < -0.4 is 10.9 Å². The first-order valence-corrected chi connectivity index (χ1v) is 9.70. The minimum atomic E-state index is -0.389. The molecule has 0 radical (unpaired) electrons. The fourth-order valence-electron chi connectivity index (χ4n) is 3.76. The highest BCUT2D eigenvalue weighted by Crippen LogP contribution is 2.27. The zero-order chi connectivity index (χ0) is 18.7. The van der Waals surface area contributed by atoms with E-state index in [1.54, 1.807) is 22.8 Å². The van der Waals surface area contributed by atoms with Crippen LogP contribution in [0.4, 0.5) is 4.39 Å². The van der Waals surface area contributed by atoms with Gasteiger partial charge in [0, 0.05) is 37.2 Å². The van der Waals surface area contributed by atoms with Crippen molar-refractivity contribution < 1.29 is 4.39 Å². The Bertz CT molecular complexity index is 825. The maximum Gasteiger partial charge on any atom is 0.261 e. The van der Waals surface area contributed by atoms with Gasteiger partial charge in [-0.2, -0.15) is 0 Å². The van der Waals surface area contributed by atoms with Gasteiger partial charge in [0.1, 0.15) is 12.5 Å². The molecular weight excluding hydrogens is 355 g/mol. The molecule has 1 aromatic carbocycles. The largest absolute Gasteiger partial charge is 0.309 e. The Morgan fingerprint density at radius 1 is 1.42 bits per heavy atom. The predicted octanol–water partition coefficient (Wildman–Crippen LogP) is 3.15. The summed E-state index contributed by atoms with van der Waals surface area (Å²) in [5.74, 6) is 0.772. The molecule has 26 heavy (non-hydrogen) atoms. The Morgan fingerprint density at radius 2 is 2.23 bits per heavy atom. The van der Waals surface area contributed by atoms with E-state index in [1.807, 2.05) is 6.92 Å². The predicted molar refractivity (Wildman–Crippen MR) is 104 cm³/mol. The highest BCUT2D eigenvalue weighted by atomic mass is 35.5. The van der Waals surface area contributed by atoms with Crippen LogP contribution in [-0.2, 0) is 6.54 Å². The average Bonchev–Trinajstić information content (AvgIpc) is 2.66. The molecule has 0 amide bonds. The Morgan fingerprint density at radius 3 is 2.92 bits per heavy atom. The zero-order valence-electron chi connectivity index (χ0n) is 15.3. The minimum Gasteiger partial charge on any atom is -0.309 e. The van der Waals surface area contributed by atoms with Gasteiger partial charge < -0.3 is 5.32 Å². The molecule has 5 nitrogen and oxygen atoms in total. The molecule has 2 aromatic rings. The third kappa shape index (κ3) is 3.77. The Labute approximate surface area is 158 Å². The first-order chi connectivity index (χ1) is 12.6. The molecule has 2 atom stereocenters. The van der Waals surface area contributed by atoms with Crippen LogP contribution in [-0.4, -0.2) is 46.8 Å². The van der Waals surface area contributed by atoms with E-state index in [0.29, 0.717) is 29.0 Å². The summed E-state index contributed by atoms with van der Waals surface area (Å²) in [4.78, 5) is 20.1. The van der Waals surface area contributed by atoms with E-state index in [1.165, 1.54) is 0 Å². The normalized spacial score (nSPS) is 19.8. The fraction of sp³-hybridized carbons (Fsp3) is 0.579. The van der Waals surface area contributed by atoms with Crippen LogP contribution in [0.2, 0.25) is 5.02 Å². The van der Waals surface area contributed by atoms with Crippen molar-refractivity contribution in [2.24, 2.45) is 0 Å². The van der Waals surface area contributed by atoms with Gasteiger partial charge in [0.25, 0.3) is 5.56 Å². The van der Waals surface area contributed by atoms with E-state index < -0.39 is 0 Å². The first kappa shape index (κ1) is 19.3. The van der Waals surface area contributed by atoms with Crippen molar-refractivity contribution in [3.8, 4) is 0 Å². The van der Waals surface area contributed by atoms with Gasteiger partial charge in [0.2, 0.25) is 0 Å². The Hall–Kier alpha value is -1.50. The highest BCUT2D eigenvalue weighted by molar-refractivity contribution is 6.31. The summed E-state index contributed by atoms with van der Waals surface area (Å²) in [7, 11) is 0. The number of nitrogens with zero attached hydrogens (tertiary/aromatic N) is 3. The molecule has 1 fully saturated rings. The van der Waals surface area contributed by atoms with Gasteiger partial charge in [-0.25, -0.2) is 9.37 Å². The van der Waals surface area contributed by atoms with Crippen LogP contribution in [0.3, 0.4) is 0 Å². The number of aromatic nitrogens is 2. The molecule has 1 aromatic heterocycles. The number of hydrogen-bond acceptors (Lipinski definition) is 4. The first-order valence-electron chi connectivity index (χ1n) is 9.32. The number of hydrogen-bond donors (Lipinski definition) is 1. The molecule has 1 N–H and O–H groups in total. The average molecular weight is 381 g/mol. The molecule has 1 saturated heterocycles. The number of alkyl halides is 1. The van der Waals surface area contributed by atoms with Crippen LogP contribution in [0, 0.1) is 0 Å². The van der Waals surface area contributed by atoms with Gasteiger partial charge in [0.05, 0.1) is 16.9 Å². The summed E-state index contributed by atoms with van der Waals surface area (Å²) in [6.07, 6.45) is 1.84. The van der Waals surface area contributed by atoms with Crippen LogP contribution in [0.5, 0.6) is 0 Å². The number of fused-ring (bicyclic) bond motifs is 1. The number of benzene rings is 1. The molecule has 0 saturated carbocycles. The van der Waals surface area contributed by atoms with Crippen LogP contribution >= 0.6 is 11.6 Å². The van der Waals surface area contributed by atoms with Crippen molar-refractivity contribution in [1.29, 1.82) is 0 Å². The van der Waals surface area contributed by atoms with Gasteiger partial charge in [0.15, 0.2) is 0 Å². The third-order valence-corrected chi connectivity index (χ3v) is 5.27. The summed E-state index contributed by atoms with van der Waals surface area (Å²) in [6, 6.07) is 5.08. The second-order valence-electron chi connectivity index (χ2n) is 6.79. The number of piperazine rings is 1. The van der Waals surface area contributed by atoms with Gasteiger partial charge in [-0.15, -0.1) is 0 Å². The van der Waals surface area contributed by atoms with Gasteiger partial charge in [-0.3, -0.25) is 14.3 Å². The molecule has 3 rings (SSSR count). The smallest absolute Gasteiger partial charge is 0.261 e. The second-order valence-corrected chi connectivity index (χ2v) is 7.22. The van der Waals surface area contributed by atoms with Crippen molar-refractivity contribution in [2.45, 2.75) is 45.3 Å². The number of rotatable bonds is 6. The molecule has 7 heteroatoms. The summed E-state index contributed by atoms with van der Waals surface area (Å²) >= 11 is 6.07. The van der Waals surface area contributed by atoms with E-state index >= 15 is 0 Å². The van der Waals surface area contributed by atoms with Crippen molar-refractivity contribution in [3.05, 3.63) is 39.4 Å². The molecular formula is C19H26ClFN4O. The molecule has 1 aliphatic heterocycles. The summed E-state index contributed by atoms with van der Waals surface area (Å²) in [6.45, 7) is 6.42. The second kappa shape index (κ2) is 8.46. The maximum absolute atomic E-state index is 13.2. The van der Waals surface area contributed by atoms with E-state index in [2.05, 4.69) is 17.1 Å². The Kier molecular flexibility index (Phi) is 6.27. The van der Waals surface area contributed by atoms with Gasteiger partial charge >= 0.3 is 0 Å². The van der Waals surface area contributed by atoms with E-state index in [0.717, 1.165) is 31.8 Å². The van der Waals surface area contributed by atoms with Crippen molar-refractivity contribution >= 4 is 22.5 Å². The molecule has 0 bridgehead atoms. The monoisotopic (exact) mass is 380 g/mol. The fourth-order valence-corrected chi connectivity index (χ4v) is 3.93. The molecule has 2 heterocycles. The standard InChI is InChI=1S/C19H26ClFN4O/c1-3-5-17(24-9-8-22-14(11-21)12-24)18-23-16-7-6-13(20)10-15(16)19(26)25(18)4-2/h6-7,10,14,17,22H,3-5,8-9,11-12H2,1-2H3/t14-,17-/m1/s1. The van der Waals surface area contributed by atoms with Gasteiger partial charge in [-0.05, 0) is 31.5 Å². The minimum absolute atomic E-state index is 0.00359. The zero-order valence-corrected chi connectivity index (χ0v) is 16.1. The summed E-state index contributed by atoms with van der Waals surface area (Å²) in [5.41, 5.74) is 0.602. The summed E-state index contributed by atoms with van der Waals surface area (Å²) < 4.78 is 14.9. The van der Waals surface area contributed by atoms with Crippen molar-refractivity contribution in [1.82, 2.24) is 19.8 Å². The lowest BCUT2D eigenvalue weighted by molar-refractivity contribution is 0.117. The van der Waals surface area contributed by atoms with E-state index in [-0.39, 0.29) is 24.3 Å². The lowest BCUT2D eigenvalue weighted by Gasteiger charge is -2.38. The highest BCUT2D eigenvalue weighted by Gasteiger charge is 2.29. The van der Waals surface area contributed by atoms with E-state index in [9.17, 15) is 9.18 Å². The maximum atomic E-state index is 13.2. The van der Waals surface area contributed by atoms with E-state index in [4.69, 9.17) is 16.6 Å². The van der Waals surface area contributed by atoms with Crippen LogP contribution in [0.1, 0.15) is 38.6 Å². The third-order valence-electron chi connectivity index (χ3n) is 5.04. The SMILES string of the molecule is CCC[C@H](c1nc2ccc(Cl)cc2c(=O)n1CC)N1CCN[C@H](CF)C1. The molecule has 0 unspecified atom stereocenters. The quantitative estimate of drug-likeness (QED) is 0.836. The van der Waals surface area contributed by atoms with Crippen LogP contribution in [0.25, 0.3) is 10.9 Å². The van der Waals surface area contributed by atoms with Gasteiger partial charge in [-0.1, -0.05) is 24.9 Å². The molecule has 142 valence electrons. The topological polar surface area (TPSA) is 50.2 Å². The van der Waals surface area contributed by atoms with Crippen molar-refractivity contribution in [2.75, 3.05) is 26.3 Å². The summed E-state index contributed by atoms with van der Waals surface area (Å²) in [5, 5.41) is 4.28. The number of halogens is 2.